The Balaban J connectivity index is 1.65. The van der Waals surface area contributed by atoms with Gasteiger partial charge in [0.05, 0.1) is 11.1 Å². The fourth-order valence-corrected chi connectivity index (χ4v) is 6.50. The maximum Gasteiger partial charge on any atom is 0.148 e. The number of ether oxygens (including phenoxy) is 1. The first kappa shape index (κ1) is 20.3. The van der Waals surface area contributed by atoms with Crippen molar-refractivity contribution in [2.75, 3.05) is 37.1 Å². The number of anilines is 1. The maximum atomic E-state index is 12.1. The lowest BCUT2D eigenvalue weighted by Gasteiger charge is -2.36. The monoisotopic (exact) mass is 431 g/mol. The second-order valence-electron chi connectivity index (χ2n) is 7.85. The predicted molar refractivity (Wildman–Crippen MR) is 118 cm³/mol. The van der Waals surface area contributed by atoms with Gasteiger partial charge in [-0.25, -0.2) is 18.4 Å². The molecule has 0 bridgehead atoms. The third kappa shape index (κ3) is 4.76. The summed E-state index contributed by atoms with van der Waals surface area (Å²) >= 11 is 1.64. The van der Waals surface area contributed by atoms with Gasteiger partial charge in [-0.15, -0.1) is 11.3 Å². The van der Waals surface area contributed by atoms with E-state index < -0.39 is 9.84 Å². The summed E-state index contributed by atoms with van der Waals surface area (Å²) in [6, 6.07) is 12.3. The Hall–Kier alpha value is -2.03. The molecule has 154 valence electrons. The number of fused-ring (bicyclic) bond motifs is 1. The van der Waals surface area contributed by atoms with E-state index in [0.717, 1.165) is 39.3 Å². The fraction of sp³-hybridized carbons (Fsp3) is 0.429. The molecule has 2 aromatic heterocycles. The largest absolute Gasteiger partial charge is 0.381 e. The molecular weight excluding hydrogens is 406 g/mol. The molecule has 0 amide bonds. The molecule has 0 aliphatic carbocycles. The summed E-state index contributed by atoms with van der Waals surface area (Å²) < 4.78 is 29.6. The molecule has 29 heavy (non-hydrogen) atoms. The van der Waals surface area contributed by atoms with Crippen molar-refractivity contribution in [3.63, 3.8) is 0 Å². The number of hydrogen-bond donors (Lipinski definition) is 1. The molecule has 0 saturated carbocycles. The van der Waals surface area contributed by atoms with Crippen molar-refractivity contribution in [3.8, 4) is 10.4 Å². The molecule has 6 nitrogen and oxygen atoms in total. The molecule has 1 N–H and O–H groups in total. The van der Waals surface area contributed by atoms with Crippen LogP contribution < -0.4 is 5.32 Å². The number of thiophene rings is 1. The molecule has 3 aromatic rings. The van der Waals surface area contributed by atoms with Gasteiger partial charge in [0.1, 0.15) is 26.3 Å². The Labute approximate surface area is 175 Å². The first-order valence-corrected chi connectivity index (χ1v) is 12.5. The Morgan fingerprint density at radius 3 is 2.59 bits per heavy atom. The summed E-state index contributed by atoms with van der Waals surface area (Å²) in [5.41, 5.74) is 0.812. The Bertz CT molecular complexity index is 1100. The van der Waals surface area contributed by atoms with Crippen LogP contribution in [0.1, 0.15) is 18.7 Å². The topological polar surface area (TPSA) is 81.2 Å². The minimum atomic E-state index is -3.10. The molecule has 8 heteroatoms. The van der Waals surface area contributed by atoms with E-state index in [-0.39, 0.29) is 11.2 Å². The highest BCUT2D eigenvalue weighted by molar-refractivity contribution is 7.90. The lowest BCUT2D eigenvalue weighted by molar-refractivity contribution is 0.0315. The van der Waals surface area contributed by atoms with Gasteiger partial charge in [0.25, 0.3) is 0 Å². The molecule has 1 fully saturated rings. The van der Waals surface area contributed by atoms with Crippen LogP contribution in [0.2, 0.25) is 0 Å². The van der Waals surface area contributed by atoms with Crippen LogP contribution in [0.4, 0.5) is 5.82 Å². The summed E-state index contributed by atoms with van der Waals surface area (Å²) in [6.07, 6.45) is 2.75. The van der Waals surface area contributed by atoms with Crippen molar-refractivity contribution in [2.45, 2.75) is 19.8 Å². The summed E-state index contributed by atoms with van der Waals surface area (Å²) in [4.78, 5) is 11.3. The van der Waals surface area contributed by atoms with Crippen LogP contribution in [-0.2, 0) is 14.6 Å². The lowest BCUT2D eigenvalue weighted by Crippen LogP contribution is -2.41. The fourth-order valence-electron chi connectivity index (χ4n) is 3.91. The highest BCUT2D eigenvalue weighted by atomic mass is 32.2. The zero-order valence-electron chi connectivity index (χ0n) is 16.6. The van der Waals surface area contributed by atoms with Gasteiger partial charge < -0.3 is 10.1 Å². The van der Waals surface area contributed by atoms with Crippen LogP contribution in [0, 0.1) is 12.3 Å². The van der Waals surface area contributed by atoms with E-state index in [0.29, 0.717) is 25.6 Å². The van der Waals surface area contributed by atoms with Gasteiger partial charge in [-0.1, -0.05) is 30.3 Å². The Morgan fingerprint density at radius 2 is 1.90 bits per heavy atom. The van der Waals surface area contributed by atoms with E-state index in [9.17, 15) is 8.42 Å². The normalized spacial score (nSPS) is 16.8. The summed E-state index contributed by atoms with van der Waals surface area (Å²) in [7, 11) is -3.10. The van der Waals surface area contributed by atoms with Gasteiger partial charge >= 0.3 is 0 Å². The number of rotatable bonds is 6. The first-order chi connectivity index (χ1) is 13.8. The molecule has 1 aliphatic heterocycles. The number of benzene rings is 1. The standard InChI is InChI=1S/C21H25N3O3S2/c1-15-23-19(22-13-21(14-29(2,25)26)8-10-27-11-9-21)17-12-18(28-20(17)24-15)16-6-4-3-5-7-16/h3-7,12H,8-11,13-14H2,1-2H3,(H,22,23,24). The van der Waals surface area contributed by atoms with E-state index >= 15 is 0 Å². The average molecular weight is 432 g/mol. The molecule has 0 radical (unpaired) electrons. The predicted octanol–water partition coefficient (Wildman–Crippen LogP) is 3.92. The third-order valence-electron chi connectivity index (χ3n) is 5.32. The van der Waals surface area contributed by atoms with Crippen LogP contribution in [-0.4, -0.2) is 50.2 Å². The molecule has 1 saturated heterocycles. The smallest absolute Gasteiger partial charge is 0.148 e. The highest BCUT2D eigenvalue weighted by Gasteiger charge is 2.36. The van der Waals surface area contributed by atoms with Crippen molar-refractivity contribution in [2.24, 2.45) is 5.41 Å². The van der Waals surface area contributed by atoms with Crippen molar-refractivity contribution in [1.82, 2.24) is 9.97 Å². The van der Waals surface area contributed by atoms with Crippen molar-refractivity contribution >= 4 is 37.2 Å². The molecule has 3 heterocycles. The average Bonchev–Trinajstić information content (AvgIpc) is 3.10. The SMILES string of the molecule is Cc1nc(NCC2(CS(C)(=O)=O)CCOCC2)c2cc(-c3ccccc3)sc2n1. The number of sulfone groups is 1. The van der Waals surface area contributed by atoms with Crippen LogP contribution in [0.3, 0.4) is 0 Å². The van der Waals surface area contributed by atoms with E-state index in [1.54, 1.807) is 11.3 Å². The molecule has 0 atom stereocenters. The number of aromatic nitrogens is 2. The third-order valence-corrected chi connectivity index (χ3v) is 7.53. The second kappa shape index (κ2) is 8.01. The second-order valence-corrected chi connectivity index (χ2v) is 11.0. The van der Waals surface area contributed by atoms with Crippen molar-refractivity contribution < 1.29 is 13.2 Å². The number of aryl methyl sites for hydroxylation is 1. The number of hydrogen-bond acceptors (Lipinski definition) is 7. The summed E-state index contributed by atoms with van der Waals surface area (Å²) in [6.45, 7) is 3.61. The molecule has 0 spiro atoms. The van der Waals surface area contributed by atoms with E-state index in [1.807, 2.05) is 25.1 Å². The number of nitrogens with one attached hydrogen (secondary N) is 1. The number of nitrogens with zero attached hydrogens (tertiary/aromatic N) is 2. The van der Waals surface area contributed by atoms with E-state index in [1.165, 1.54) is 6.26 Å². The molecule has 1 aliphatic rings. The summed E-state index contributed by atoms with van der Waals surface area (Å²) in [5, 5.41) is 4.44. The van der Waals surface area contributed by atoms with Crippen LogP contribution in [0.15, 0.2) is 36.4 Å². The van der Waals surface area contributed by atoms with Crippen molar-refractivity contribution in [3.05, 3.63) is 42.2 Å². The molecule has 0 unspecified atom stereocenters. The van der Waals surface area contributed by atoms with Crippen LogP contribution in [0.25, 0.3) is 20.7 Å². The van der Waals surface area contributed by atoms with E-state index in [2.05, 4.69) is 33.5 Å². The highest BCUT2D eigenvalue weighted by Crippen LogP contribution is 2.37. The zero-order valence-corrected chi connectivity index (χ0v) is 18.3. The minimum absolute atomic E-state index is 0.155. The lowest BCUT2D eigenvalue weighted by atomic mass is 9.82. The zero-order chi connectivity index (χ0) is 20.5. The summed E-state index contributed by atoms with van der Waals surface area (Å²) in [5.74, 6) is 1.62. The van der Waals surface area contributed by atoms with Gasteiger partial charge in [-0.3, -0.25) is 0 Å². The first-order valence-electron chi connectivity index (χ1n) is 9.67. The Morgan fingerprint density at radius 1 is 1.17 bits per heavy atom. The molecule has 1 aromatic carbocycles. The van der Waals surface area contributed by atoms with Gasteiger partial charge in [0.2, 0.25) is 0 Å². The van der Waals surface area contributed by atoms with Gasteiger partial charge in [-0.05, 0) is 31.4 Å². The van der Waals surface area contributed by atoms with Crippen molar-refractivity contribution in [1.29, 1.82) is 0 Å². The maximum absolute atomic E-state index is 12.1. The molecular formula is C21H25N3O3S2. The quantitative estimate of drug-likeness (QED) is 0.637. The van der Waals surface area contributed by atoms with Crippen LogP contribution in [0.5, 0.6) is 0 Å². The van der Waals surface area contributed by atoms with Gasteiger partial charge in [-0.2, -0.15) is 0 Å². The van der Waals surface area contributed by atoms with Gasteiger partial charge in [0.15, 0.2) is 0 Å². The van der Waals surface area contributed by atoms with Crippen LogP contribution >= 0.6 is 11.3 Å². The Kier molecular flexibility index (Phi) is 5.59. The van der Waals surface area contributed by atoms with Gasteiger partial charge in [0, 0.05) is 36.3 Å². The molecule has 4 rings (SSSR count). The minimum Gasteiger partial charge on any atom is -0.381 e. The van der Waals surface area contributed by atoms with E-state index in [4.69, 9.17) is 4.74 Å².